The van der Waals surface area contributed by atoms with Crippen molar-refractivity contribution in [2.45, 2.75) is 52.6 Å². The van der Waals surface area contributed by atoms with E-state index in [1.165, 1.54) is 18.2 Å². The number of morpholine rings is 1. The maximum Gasteiger partial charge on any atom is 0.524 e. The molecule has 2 heterocycles. The number of rotatable bonds is 7. The molecule has 3 rings (SSSR count). The molecule has 2 atom stereocenters. The molecule has 1 aromatic carbocycles. The number of allylic oxidation sites excluding steroid dienone is 1. The van der Waals surface area contributed by atoms with Crippen LogP contribution in [0, 0.1) is 5.41 Å². The van der Waals surface area contributed by atoms with Gasteiger partial charge in [-0.15, -0.1) is 0 Å². The molecule has 2 aliphatic rings. The minimum Gasteiger partial charge on any atom is -0.404 e. The molecule has 0 saturated carbocycles. The number of hydrogen-bond acceptors (Lipinski definition) is 6. The van der Waals surface area contributed by atoms with Crippen LogP contribution in [0.1, 0.15) is 46.1 Å². The van der Waals surface area contributed by atoms with Crippen molar-refractivity contribution < 1.29 is 38.0 Å². The highest BCUT2D eigenvalue weighted by Gasteiger charge is 2.42. The predicted molar refractivity (Wildman–Crippen MR) is 136 cm³/mol. The average Bonchev–Trinajstić information content (AvgIpc) is 3.31. The summed E-state index contributed by atoms with van der Waals surface area (Å²) in [5, 5.41) is 2.84. The van der Waals surface area contributed by atoms with Crippen molar-refractivity contribution in [3.8, 4) is 5.75 Å². The molecule has 2 saturated heterocycles. The maximum absolute atomic E-state index is 13.7. The molecule has 0 radical (unpaired) electrons. The lowest BCUT2D eigenvalue weighted by Crippen LogP contribution is -2.58. The predicted octanol–water partition coefficient (Wildman–Crippen LogP) is 1.94. The summed E-state index contributed by atoms with van der Waals surface area (Å²) < 4.78 is 20.9. The molecule has 12 heteroatoms. The number of carbonyl (C=O) groups is 3. The number of hydrogen-bond donors (Lipinski definition) is 3. The van der Waals surface area contributed by atoms with Gasteiger partial charge in [0.1, 0.15) is 17.8 Å². The second kappa shape index (κ2) is 11.8. The molecular formula is C25H36N3O8P. The molecule has 1 unspecified atom stereocenters. The number of nitrogens with one attached hydrogen (secondary N) is 1. The number of phosphoric ester groups is 1. The van der Waals surface area contributed by atoms with Crippen molar-refractivity contribution in [2.75, 3.05) is 32.8 Å². The molecule has 204 valence electrons. The Morgan fingerprint density at radius 2 is 1.76 bits per heavy atom. The third-order valence-corrected chi connectivity index (χ3v) is 6.87. The van der Waals surface area contributed by atoms with E-state index in [1.54, 1.807) is 28.9 Å². The van der Waals surface area contributed by atoms with Crippen LogP contribution in [-0.4, -0.2) is 82.2 Å². The molecule has 0 bridgehead atoms. The van der Waals surface area contributed by atoms with Gasteiger partial charge in [-0.05, 0) is 48.4 Å². The first-order chi connectivity index (χ1) is 17.3. The first-order valence-electron chi connectivity index (χ1n) is 12.3. The number of amides is 3. The Labute approximate surface area is 217 Å². The summed E-state index contributed by atoms with van der Waals surface area (Å²) >= 11 is 0. The summed E-state index contributed by atoms with van der Waals surface area (Å²) in [6.07, 6.45) is 2.68. The molecule has 37 heavy (non-hydrogen) atoms. The van der Waals surface area contributed by atoms with E-state index >= 15 is 0 Å². The Kier molecular flexibility index (Phi) is 9.18. The summed E-state index contributed by atoms with van der Waals surface area (Å²) in [6.45, 7) is 9.74. The van der Waals surface area contributed by atoms with E-state index in [2.05, 4.69) is 9.84 Å². The van der Waals surface area contributed by atoms with Crippen LogP contribution in [0.5, 0.6) is 5.75 Å². The van der Waals surface area contributed by atoms with Gasteiger partial charge in [-0.25, -0.2) is 4.57 Å². The summed E-state index contributed by atoms with van der Waals surface area (Å²) in [4.78, 5) is 60.9. The Morgan fingerprint density at radius 3 is 2.32 bits per heavy atom. The number of nitrogens with zero attached hydrogens (tertiary/aromatic N) is 2. The van der Waals surface area contributed by atoms with E-state index in [0.29, 0.717) is 50.4 Å². The Balaban J connectivity index is 1.71. The number of likely N-dealkylation sites (tertiary alicyclic amines) is 1. The van der Waals surface area contributed by atoms with E-state index in [1.807, 2.05) is 20.8 Å². The van der Waals surface area contributed by atoms with Crippen LogP contribution in [0.4, 0.5) is 0 Å². The third-order valence-electron chi connectivity index (χ3n) is 6.42. The lowest BCUT2D eigenvalue weighted by atomic mass is 9.85. The van der Waals surface area contributed by atoms with E-state index in [4.69, 9.17) is 14.5 Å². The number of benzene rings is 1. The van der Waals surface area contributed by atoms with Crippen LogP contribution in [0.25, 0.3) is 5.57 Å². The van der Waals surface area contributed by atoms with E-state index in [9.17, 15) is 18.9 Å². The van der Waals surface area contributed by atoms with Gasteiger partial charge < -0.3 is 24.4 Å². The fraction of sp³-hybridized carbons (Fsp3) is 0.560. The first kappa shape index (κ1) is 28.8. The fourth-order valence-corrected chi connectivity index (χ4v) is 4.87. The SMILES string of the molecule is C/C(=C\C(=O)N[C@H](C(=O)N1CCCC1C(=O)N1CCOCC1)C(C)(C)C)c1ccc(OP(=O)(O)O)cc1. The molecule has 0 spiro atoms. The average molecular weight is 538 g/mol. The highest BCUT2D eigenvalue weighted by Crippen LogP contribution is 2.37. The van der Waals surface area contributed by atoms with Crippen molar-refractivity contribution in [3.05, 3.63) is 35.9 Å². The highest BCUT2D eigenvalue weighted by molar-refractivity contribution is 7.46. The van der Waals surface area contributed by atoms with Gasteiger partial charge in [-0.2, -0.15) is 0 Å². The van der Waals surface area contributed by atoms with E-state index in [-0.39, 0.29) is 17.6 Å². The monoisotopic (exact) mass is 537 g/mol. The number of ether oxygens (including phenoxy) is 1. The van der Waals surface area contributed by atoms with Crippen LogP contribution in [0.3, 0.4) is 0 Å². The molecule has 3 amide bonds. The van der Waals surface area contributed by atoms with Gasteiger partial charge in [-0.1, -0.05) is 32.9 Å². The van der Waals surface area contributed by atoms with Crippen molar-refractivity contribution in [3.63, 3.8) is 0 Å². The molecule has 1 aromatic rings. The minimum absolute atomic E-state index is 0.000443. The van der Waals surface area contributed by atoms with Crippen molar-refractivity contribution in [1.82, 2.24) is 15.1 Å². The molecule has 2 aliphatic heterocycles. The van der Waals surface area contributed by atoms with E-state index < -0.39 is 31.2 Å². The largest absolute Gasteiger partial charge is 0.524 e. The zero-order valence-electron chi connectivity index (χ0n) is 21.7. The zero-order valence-corrected chi connectivity index (χ0v) is 22.6. The van der Waals surface area contributed by atoms with Gasteiger partial charge in [0.25, 0.3) is 0 Å². The van der Waals surface area contributed by atoms with Gasteiger partial charge >= 0.3 is 7.82 Å². The smallest absolute Gasteiger partial charge is 0.404 e. The standard InChI is InChI=1S/C25H36N3O8P/c1-17(18-7-9-19(10-8-18)36-37(32,33)34)16-21(29)26-22(25(2,3)4)24(31)28-11-5-6-20(28)23(30)27-12-14-35-15-13-27/h7-10,16,20,22H,5-6,11-15H2,1-4H3,(H,26,29)(H2,32,33,34)/b17-16+/t20?,22-/m1/s1. The first-order valence-corrected chi connectivity index (χ1v) is 13.8. The quantitative estimate of drug-likeness (QED) is 0.353. The van der Waals surface area contributed by atoms with Gasteiger partial charge in [-0.3, -0.25) is 24.2 Å². The second-order valence-electron chi connectivity index (χ2n) is 10.4. The van der Waals surface area contributed by atoms with Crippen molar-refractivity contribution in [1.29, 1.82) is 0 Å². The van der Waals surface area contributed by atoms with Crippen LogP contribution in [0.2, 0.25) is 0 Å². The second-order valence-corrected chi connectivity index (χ2v) is 11.5. The highest BCUT2D eigenvalue weighted by atomic mass is 31.2. The molecular weight excluding hydrogens is 501 g/mol. The van der Waals surface area contributed by atoms with Gasteiger partial charge in [0, 0.05) is 25.7 Å². The molecule has 0 aromatic heterocycles. The van der Waals surface area contributed by atoms with Gasteiger partial charge in [0.15, 0.2) is 0 Å². The van der Waals surface area contributed by atoms with Crippen LogP contribution >= 0.6 is 7.82 Å². The summed E-state index contributed by atoms with van der Waals surface area (Å²) in [5.74, 6) is -0.818. The third kappa shape index (κ3) is 7.88. The Morgan fingerprint density at radius 1 is 1.14 bits per heavy atom. The summed E-state index contributed by atoms with van der Waals surface area (Å²) in [7, 11) is -4.66. The van der Waals surface area contributed by atoms with Gasteiger partial charge in [0.2, 0.25) is 17.7 Å². The fourth-order valence-electron chi connectivity index (χ4n) is 4.48. The molecule has 0 aliphatic carbocycles. The summed E-state index contributed by atoms with van der Waals surface area (Å²) in [6, 6.07) is 4.54. The maximum atomic E-state index is 13.7. The molecule has 11 nitrogen and oxygen atoms in total. The topological polar surface area (TPSA) is 146 Å². The Bertz CT molecular complexity index is 1070. The zero-order chi connectivity index (χ0) is 27.4. The van der Waals surface area contributed by atoms with Gasteiger partial charge in [0.05, 0.1) is 13.2 Å². The number of phosphoric acid groups is 1. The lowest BCUT2D eigenvalue weighted by molar-refractivity contribution is -0.149. The number of carbonyl (C=O) groups excluding carboxylic acids is 3. The molecule has 2 fully saturated rings. The summed E-state index contributed by atoms with van der Waals surface area (Å²) in [5.41, 5.74) is 0.620. The van der Waals surface area contributed by atoms with Crippen LogP contribution in [0.15, 0.2) is 30.3 Å². The van der Waals surface area contributed by atoms with E-state index in [0.717, 1.165) is 6.42 Å². The van der Waals surface area contributed by atoms with Crippen molar-refractivity contribution in [2.24, 2.45) is 5.41 Å². The minimum atomic E-state index is -4.66. The van der Waals surface area contributed by atoms with Crippen LogP contribution < -0.4 is 9.84 Å². The lowest BCUT2D eigenvalue weighted by Gasteiger charge is -2.37. The van der Waals surface area contributed by atoms with Crippen molar-refractivity contribution >= 4 is 31.1 Å². The normalized spacial score (nSPS) is 19.9. The molecule has 3 N–H and O–H groups in total. The Hall–Kier alpha value is -2.72. The van der Waals surface area contributed by atoms with Crippen LogP contribution in [-0.2, 0) is 23.7 Å².